The molecule has 0 aliphatic rings. The minimum atomic E-state index is 0.785. The number of benzene rings is 2. The molecule has 2 rings (SSSR count). The largest absolute Gasteiger partial charge is 0.497 e. The Hall–Kier alpha value is -1.74. The van der Waals surface area contributed by atoms with E-state index in [0.717, 1.165) is 27.1 Å². The van der Waals surface area contributed by atoms with Crippen LogP contribution in [-0.4, -0.2) is 14.2 Å². The van der Waals surface area contributed by atoms with Crippen molar-refractivity contribution in [2.75, 3.05) is 14.2 Å². The topological polar surface area (TPSA) is 18.5 Å². The predicted octanol–water partition coefficient (Wildman–Crippen LogP) is 4.64. The van der Waals surface area contributed by atoms with Crippen molar-refractivity contribution in [3.63, 3.8) is 0 Å². The van der Waals surface area contributed by atoms with Crippen molar-refractivity contribution >= 4 is 28.1 Å². The van der Waals surface area contributed by atoms with Crippen LogP contribution in [0.4, 0.5) is 0 Å². The average molecular weight is 319 g/mol. The molecule has 0 aromatic heterocycles. The summed E-state index contributed by atoms with van der Waals surface area (Å²) < 4.78 is 11.6. The molecule has 0 atom stereocenters. The maximum absolute atomic E-state index is 5.25. The first kappa shape index (κ1) is 13.7. The van der Waals surface area contributed by atoms with Crippen molar-refractivity contribution in [1.82, 2.24) is 0 Å². The van der Waals surface area contributed by atoms with Gasteiger partial charge in [-0.15, -0.1) is 0 Å². The summed E-state index contributed by atoms with van der Waals surface area (Å²) in [7, 11) is 3.30. The Kier molecular flexibility index (Phi) is 4.63. The fraction of sp³-hybridized carbons (Fsp3) is 0.125. The quantitative estimate of drug-likeness (QED) is 0.765. The van der Waals surface area contributed by atoms with E-state index in [0.29, 0.717) is 0 Å². The fourth-order valence-electron chi connectivity index (χ4n) is 1.73. The van der Waals surface area contributed by atoms with Gasteiger partial charge >= 0.3 is 0 Å². The Morgan fingerprint density at radius 2 is 1.47 bits per heavy atom. The van der Waals surface area contributed by atoms with Crippen LogP contribution < -0.4 is 9.47 Å². The molecule has 0 radical (unpaired) electrons. The van der Waals surface area contributed by atoms with Gasteiger partial charge in [-0.05, 0) is 35.4 Å². The van der Waals surface area contributed by atoms with Crippen molar-refractivity contribution in [2.24, 2.45) is 0 Å². The first-order chi connectivity index (χ1) is 9.21. The Morgan fingerprint density at radius 3 is 2.05 bits per heavy atom. The first-order valence-corrected chi connectivity index (χ1v) is 6.67. The molecule has 0 unspecified atom stereocenters. The van der Waals surface area contributed by atoms with Gasteiger partial charge in [0.1, 0.15) is 11.5 Å². The SMILES string of the molecule is COc1cc(/C=C/c2cccc(Br)c2)cc(OC)c1. The van der Waals surface area contributed by atoms with Gasteiger partial charge in [0.05, 0.1) is 14.2 Å². The van der Waals surface area contributed by atoms with Gasteiger partial charge in [-0.25, -0.2) is 0 Å². The van der Waals surface area contributed by atoms with Gasteiger partial charge in [-0.3, -0.25) is 0 Å². The molecule has 2 nitrogen and oxygen atoms in total. The Bertz CT molecular complexity index is 569. The lowest BCUT2D eigenvalue weighted by Crippen LogP contribution is -1.88. The van der Waals surface area contributed by atoms with Gasteiger partial charge in [-0.1, -0.05) is 40.2 Å². The standard InChI is InChI=1S/C16H15BrO2/c1-18-15-9-13(10-16(11-15)19-2)7-6-12-4-3-5-14(17)8-12/h3-11H,1-2H3/b7-6+. The van der Waals surface area contributed by atoms with E-state index in [-0.39, 0.29) is 0 Å². The zero-order valence-corrected chi connectivity index (χ0v) is 12.5. The molecule has 0 fully saturated rings. The second kappa shape index (κ2) is 6.43. The highest BCUT2D eigenvalue weighted by Crippen LogP contribution is 2.24. The van der Waals surface area contributed by atoms with Gasteiger partial charge in [0.2, 0.25) is 0 Å². The Labute approximate surface area is 121 Å². The van der Waals surface area contributed by atoms with Crippen molar-refractivity contribution in [3.05, 3.63) is 58.1 Å². The Morgan fingerprint density at radius 1 is 0.842 bits per heavy atom. The molecule has 0 amide bonds. The van der Waals surface area contributed by atoms with E-state index in [1.807, 2.05) is 36.4 Å². The molecule has 2 aromatic rings. The van der Waals surface area contributed by atoms with Crippen LogP contribution in [0.15, 0.2) is 46.9 Å². The van der Waals surface area contributed by atoms with Crippen LogP contribution in [0.2, 0.25) is 0 Å². The summed E-state index contributed by atoms with van der Waals surface area (Å²) in [5, 5.41) is 0. The summed E-state index contributed by atoms with van der Waals surface area (Å²) in [5.74, 6) is 1.57. The molecular weight excluding hydrogens is 304 g/mol. The molecule has 0 aliphatic heterocycles. The Balaban J connectivity index is 2.27. The molecule has 3 heteroatoms. The van der Waals surface area contributed by atoms with Gasteiger partial charge in [-0.2, -0.15) is 0 Å². The van der Waals surface area contributed by atoms with Gasteiger partial charge in [0, 0.05) is 10.5 Å². The third kappa shape index (κ3) is 3.86. The van der Waals surface area contributed by atoms with Crippen molar-refractivity contribution in [2.45, 2.75) is 0 Å². The molecule has 0 N–H and O–H groups in total. The second-order valence-electron chi connectivity index (χ2n) is 4.03. The first-order valence-electron chi connectivity index (χ1n) is 5.88. The molecule has 0 bridgehead atoms. The van der Waals surface area contributed by atoms with Crippen LogP contribution in [0, 0.1) is 0 Å². The smallest absolute Gasteiger partial charge is 0.123 e. The van der Waals surface area contributed by atoms with Crippen LogP contribution in [0.25, 0.3) is 12.2 Å². The molecular formula is C16H15BrO2. The van der Waals surface area contributed by atoms with Gasteiger partial charge < -0.3 is 9.47 Å². The van der Waals surface area contributed by atoms with Crippen LogP contribution in [0.3, 0.4) is 0 Å². The zero-order valence-electron chi connectivity index (χ0n) is 10.9. The van der Waals surface area contributed by atoms with E-state index in [1.54, 1.807) is 14.2 Å². The monoisotopic (exact) mass is 318 g/mol. The van der Waals surface area contributed by atoms with Crippen LogP contribution in [-0.2, 0) is 0 Å². The number of rotatable bonds is 4. The third-order valence-corrected chi connectivity index (χ3v) is 3.18. The lowest BCUT2D eigenvalue weighted by molar-refractivity contribution is 0.394. The second-order valence-corrected chi connectivity index (χ2v) is 4.95. The van der Waals surface area contributed by atoms with E-state index in [4.69, 9.17) is 9.47 Å². The van der Waals surface area contributed by atoms with E-state index in [1.165, 1.54) is 0 Å². The van der Waals surface area contributed by atoms with E-state index >= 15 is 0 Å². The van der Waals surface area contributed by atoms with Crippen LogP contribution >= 0.6 is 15.9 Å². The van der Waals surface area contributed by atoms with Crippen LogP contribution in [0.5, 0.6) is 11.5 Å². The van der Waals surface area contributed by atoms with Crippen molar-refractivity contribution in [3.8, 4) is 11.5 Å². The minimum absolute atomic E-state index is 0.785. The van der Waals surface area contributed by atoms with Crippen molar-refractivity contribution < 1.29 is 9.47 Å². The fourth-order valence-corrected chi connectivity index (χ4v) is 2.15. The normalized spacial score (nSPS) is 10.7. The number of hydrogen-bond donors (Lipinski definition) is 0. The van der Waals surface area contributed by atoms with E-state index in [9.17, 15) is 0 Å². The molecule has 98 valence electrons. The maximum Gasteiger partial charge on any atom is 0.123 e. The lowest BCUT2D eigenvalue weighted by atomic mass is 10.1. The minimum Gasteiger partial charge on any atom is -0.497 e. The summed E-state index contributed by atoms with van der Waals surface area (Å²) in [6.07, 6.45) is 4.09. The van der Waals surface area contributed by atoms with Gasteiger partial charge in [0.15, 0.2) is 0 Å². The average Bonchev–Trinajstić information content (AvgIpc) is 2.44. The van der Waals surface area contributed by atoms with Gasteiger partial charge in [0.25, 0.3) is 0 Å². The summed E-state index contributed by atoms with van der Waals surface area (Å²) >= 11 is 3.46. The molecule has 0 heterocycles. The van der Waals surface area contributed by atoms with E-state index < -0.39 is 0 Å². The highest BCUT2D eigenvalue weighted by molar-refractivity contribution is 9.10. The summed E-state index contributed by atoms with van der Waals surface area (Å²) in [4.78, 5) is 0. The molecule has 0 saturated carbocycles. The zero-order chi connectivity index (χ0) is 13.7. The maximum atomic E-state index is 5.25. The number of ether oxygens (including phenoxy) is 2. The molecule has 0 aliphatic carbocycles. The number of methoxy groups -OCH3 is 2. The highest BCUT2D eigenvalue weighted by Gasteiger charge is 1.99. The summed E-state index contributed by atoms with van der Waals surface area (Å²) in [6.45, 7) is 0. The van der Waals surface area contributed by atoms with Crippen molar-refractivity contribution in [1.29, 1.82) is 0 Å². The molecule has 0 spiro atoms. The molecule has 19 heavy (non-hydrogen) atoms. The number of halogens is 1. The molecule has 0 saturated heterocycles. The summed E-state index contributed by atoms with van der Waals surface area (Å²) in [6, 6.07) is 13.9. The molecule has 2 aromatic carbocycles. The van der Waals surface area contributed by atoms with Crippen LogP contribution in [0.1, 0.15) is 11.1 Å². The van der Waals surface area contributed by atoms with E-state index in [2.05, 4.69) is 34.1 Å². The number of hydrogen-bond acceptors (Lipinski definition) is 2. The lowest BCUT2D eigenvalue weighted by Gasteiger charge is -2.05. The highest BCUT2D eigenvalue weighted by atomic mass is 79.9. The third-order valence-electron chi connectivity index (χ3n) is 2.69. The predicted molar refractivity (Wildman–Crippen MR) is 82.6 cm³/mol. The summed E-state index contributed by atoms with van der Waals surface area (Å²) in [5.41, 5.74) is 2.17.